The van der Waals surface area contributed by atoms with Gasteiger partial charge in [-0.3, -0.25) is 4.79 Å². The highest BCUT2D eigenvalue weighted by Gasteiger charge is 2.13. The van der Waals surface area contributed by atoms with Gasteiger partial charge in [0.1, 0.15) is 5.82 Å². The van der Waals surface area contributed by atoms with Gasteiger partial charge in [-0.25, -0.2) is 4.39 Å². The third-order valence-corrected chi connectivity index (χ3v) is 3.05. The topological polar surface area (TPSA) is 40.5 Å². The zero-order valence-corrected chi connectivity index (χ0v) is 11.4. The van der Waals surface area contributed by atoms with E-state index in [1.54, 1.807) is 19.1 Å². The van der Waals surface area contributed by atoms with E-state index in [1.165, 1.54) is 6.07 Å². The van der Waals surface area contributed by atoms with E-state index in [2.05, 4.69) is 15.9 Å². The maximum atomic E-state index is 13.0. The molecular weight excluding hydrogens is 289 g/mol. The molecule has 3 nitrogen and oxygen atoms in total. The van der Waals surface area contributed by atoms with Crippen molar-refractivity contribution in [3.63, 3.8) is 0 Å². The number of rotatable bonds is 5. The van der Waals surface area contributed by atoms with Crippen LogP contribution in [0.25, 0.3) is 0 Å². The van der Waals surface area contributed by atoms with Gasteiger partial charge < -0.3 is 10.0 Å². The first-order valence-corrected chi connectivity index (χ1v) is 6.04. The van der Waals surface area contributed by atoms with Crippen molar-refractivity contribution in [3.05, 3.63) is 34.1 Å². The van der Waals surface area contributed by atoms with Gasteiger partial charge in [0.25, 0.3) is 0 Å². The van der Waals surface area contributed by atoms with Crippen molar-refractivity contribution in [2.45, 2.75) is 13.5 Å². The minimum absolute atomic E-state index is 0.296. The number of halogens is 2. The molecule has 1 rings (SSSR count). The molecule has 0 aliphatic heterocycles. The Morgan fingerprint density at radius 1 is 1.59 bits per heavy atom. The third-order valence-electron chi connectivity index (χ3n) is 2.44. The van der Waals surface area contributed by atoms with E-state index in [1.807, 2.05) is 11.9 Å². The lowest BCUT2D eigenvalue weighted by molar-refractivity contribution is -0.141. The lowest BCUT2D eigenvalue weighted by Crippen LogP contribution is -2.28. The summed E-state index contributed by atoms with van der Waals surface area (Å²) in [5, 5.41) is 8.79. The largest absolute Gasteiger partial charge is 0.481 e. The van der Waals surface area contributed by atoms with Crippen LogP contribution >= 0.6 is 15.9 Å². The summed E-state index contributed by atoms with van der Waals surface area (Å²) >= 11 is 3.12. The van der Waals surface area contributed by atoms with Crippen LogP contribution in [-0.2, 0) is 11.3 Å². The molecule has 0 saturated carbocycles. The van der Waals surface area contributed by atoms with Crippen LogP contribution in [0.1, 0.15) is 12.5 Å². The highest BCUT2D eigenvalue weighted by atomic mass is 79.9. The molecule has 17 heavy (non-hydrogen) atoms. The van der Waals surface area contributed by atoms with Gasteiger partial charge in [-0.05, 0) is 40.7 Å². The number of carboxylic acid groups (broad SMARTS) is 1. The summed E-state index contributed by atoms with van der Waals surface area (Å²) < 4.78 is 13.4. The van der Waals surface area contributed by atoms with Crippen molar-refractivity contribution in [2.24, 2.45) is 5.92 Å². The van der Waals surface area contributed by atoms with Crippen molar-refractivity contribution < 1.29 is 14.3 Å². The van der Waals surface area contributed by atoms with E-state index < -0.39 is 11.9 Å². The molecule has 0 aliphatic carbocycles. The highest BCUT2D eigenvalue weighted by molar-refractivity contribution is 9.10. The molecular formula is C12H15BrFNO2. The first-order chi connectivity index (χ1) is 7.90. The van der Waals surface area contributed by atoms with E-state index in [-0.39, 0.29) is 5.82 Å². The molecule has 1 atom stereocenters. The van der Waals surface area contributed by atoms with Crippen molar-refractivity contribution in [1.82, 2.24) is 4.90 Å². The quantitative estimate of drug-likeness (QED) is 0.909. The van der Waals surface area contributed by atoms with Crippen molar-refractivity contribution in [1.29, 1.82) is 0 Å². The maximum absolute atomic E-state index is 13.0. The Labute approximate surface area is 108 Å². The van der Waals surface area contributed by atoms with Crippen LogP contribution in [0.4, 0.5) is 4.39 Å². The molecule has 1 aromatic rings. The predicted molar refractivity (Wildman–Crippen MR) is 67.2 cm³/mol. The number of nitrogens with zero attached hydrogens (tertiary/aromatic N) is 1. The van der Waals surface area contributed by atoms with E-state index in [0.717, 1.165) is 5.56 Å². The predicted octanol–water partition coefficient (Wildman–Crippen LogP) is 2.74. The number of benzene rings is 1. The first-order valence-electron chi connectivity index (χ1n) is 5.25. The number of hydrogen-bond acceptors (Lipinski definition) is 2. The average molecular weight is 304 g/mol. The molecule has 0 saturated heterocycles. The minimum Gasteiger partial charge on any atom is -0.481 e. The zero-order chi connectivity index (χ0) is 13.0. The summed E-state index contributed by atoms with van der Waals surface area (Å²) in [6.45, 7) is 2.72. The summed E-state index contributed by atoms with van der Waals surface area (Å²) in [6.07, 6.45) is 0. The fourth-order valence-electron chi connectivity index (χ4n) is 1.56. The molecule has 0 fully saturated rings. The van der Waals surface area contributed by atoms with Crippen LogP contribution in [0.15, 0.2) is 22.7 Å². The molecule has 1 unspecified atom stereocenters. The van der Waals surface area contributed by atoms with Crippen LogP contribution < -0.4 is 0 Å². The van der Waals surface area contributed by atoms with Crippen molar-refractivity contribution >= 4 is 21.9 Å². The lowest BCUT2D eigenvalue weighted by Gasteiger charge is -2.19. The third kappa shape index (κ3) is 4.44. The molecule has 0 spiro atoms. The van der Waals surface area contributed by atoms with Gasteiger partial charge in [-0.1, -0.05) is 13.0 Å². The molecule has 0 aromatic heterocycles. The standard InChI is InChI=1S/C12H15BrFNO2/c1-8(12(16)17)6-15(2)7-9-3-4-11(14)10(13)5-9/h3-5,8H,6-7H2,1-2H3,(H,16,17). The summed E-state index contributed by atoms with van der Waals surface area (Å²) in [5.74, 6) is -1.52. The van der Waals surface area contributed by atoms with E-state index >= 15 is 0 Å². The van der Waals surface area contributed by atoms with Crippen molar-refractivity contribution in [2.75, 3.05) is 13.6 Å². The summed E-state index contributed by atoms with van der Waals surface area (Å²) in [7, 11) is 1.84. The molecule has 5 heteroatoms. The van der Waals surface area contributed by atoms with E-state index in [0.29, 0.717) is 17.6 Å². The Morgan fingerprint density at radius 2 is 2.24 bits per heavy atom. The normalized spacial score (nSPS) is 12.8. The second-order valence-corrected chi connectivity index (χ2v) is 5.04. The van der Waals surface area contributed by atoms with Crippen LogP contribution in [0.2, 0.25) is 0 Å². The minimum atomic E-state index is -0.808. The second kappa shape index (κ2) is 6.12. The SMILES string of the molecule is CC(CN(C)Cc1ccc(F)c(Br)c1)C(=O)O. The maximum Gasteiger partial charge on any atom is 0.307 e. The van der Waals surface area contributed by atoms with Gasteiger partial charge in [0.2, 0.25) is 0 Å². The van der Waals surface area contributed by atoms with Gasteiger partial charge >= 0.3 is 5.97 Å². The first kappa shape index (κ1) is 14.1. The van der Waals surface area contributed by atoms with Crippen LogP contribution in [-0.4, -0.2) is 29.6 Å². The van der Waals surface area contributed by atoms with Gasteiger partial charge in [-0.2, -0.15) is 0 Å². The number of carbonyl (C=O) groups is 1. The fourth-order valence-corrected chi connectivity index (χ4v) is 1.99. The Bertz CT molecular complexity index is 411. The van der Waals surface area contributed by atoms with E-state index in [4.69, 9.17) is 5.11 Å². The van der Waals surface area contributed by atoms with Crippen LogP contribution in [0.5, 0.6) is 0 Å². The number of carboxylic acids is 1. The van der Waals surface area contributed by atoms with E-state index in [9.17, 15) is 9.18 Å². The monoisotopic (exact) mass is 303 g/mol. The molecule has 0 heterocycles. The molecule has 0 radical (unpaired) electrons. The van der Waals surface area contributed by atoms with Crippen molar-refractivity contribution in [3.8, 4) is 0 Å². The summed E-state index contributed by atoms with van der Waals surface area (Å²) in [6, 6.07) is 4.80. The molecule has 0 aliphatic rings. The molecule has 0 bridgehead atoms. The second-order valence-electron chi connectivity index (χ2n) is 4.18. The highest BCUT2D eigenvalue weighted by Crippen LogP contribution is 2.17. The van der Waals surface area contributed by atoms with Gasteiger partial charge in [-0.15, -0.1) is 0 Å². The average Bonchev–Trinajstić information content (AvgIpc) is 2.23. The fraction of sp³-hybridized carbons (Fsp3) is 0.417. The Balaban J connectivity index is 2.58. The zero-order valence-electron chi connectivity index (χ0n) is 9.78. The molecule has 94 valence electrons. The summed E-state index contributed by atoms with van der Waals surface area (Å²) in [4.78, 5) is 12.6. The summed E-state index contributed by atoms with van der Waals surface area (Å²) in [5.41, 5.74) is 0.943. The Hall–Kier alpha value is -0.940. The molecule has 1 aromatic carbocycles. The Morgan fingerprint density at radius 3 is 2.76 bits per heavy atom. The van der Waals surface area contributed by atoms with Crippen LogP contribution in [0.3, 0.4) is 0 Å². The lowest BCUT2D eigenvalue weighted by atomic mass is 10.1. The molecule has 1 N–H and O–H groups in total. The molecule has 0 amide bonds. The smallest absolute Gasteiger partial charge is 0.307 e. The Kier molecular flexibility index (Phi) is 5.08. The van der Waals surface area contributed by atoms with Gasteiger partial charge in [0.15, 0.2) is 0 Å². The van der Waals surface area contributed by atoms with Gasteiger partial charge in [0.05, 0.1) is 10.4 Å². The van der Waals surface area contributed by atoms with Crippen LogP contribution in [0, 0.1) is 11.7 Å². The number of hydrogen-bond donors (Lipinski definition) is 1. The number of aliphatic carboxylic acids is 1. The van der Waals surface area contributed by atoms with Gasteiger partial charge in [0, 0.05) is 13.1 Å².